The van der Waals surface area contributed by atoms with E-state index in [9.17, 15) is 14.0 Å². The monoisotopic (exact) mass is 431 g/mol. The number of carbonyl (C=O) groups is 1. The molecule has 162 valence electrons. The largest absolute Gasteiger partial charge is 0.337 e. The molecule has 0 unspecified atom stereocenters. The molecule has 32 heavy (non-hydrogen) atoms. The summed E-state index contributed by atoms with van der Waals surface area (Å²) in [6.07, 6.45) is 6.42. The van der Waals surface area contributed by atoms with Crippen LogP contribution in [0.3, 0.4) is 0 Å². The number of halogens is 1. The molecule has 0 radical (unpaired) electrons. The van der Waals surface area contributed by atoms with Crippen LogP contribution in [-0.4, -0.2) is 43.0 Å². The van der Waals surface area contributed by atoms with Gasteiger partial charge in [0, 0.05) is 37.2 Å². The molecular formula is C24H22FN5O2. The zero-order valence-electron chi connectivity index (χ0n) is 17.4. The van der Waals surface area contributed by atoms with E-state index in [4.69, 9.17) is 0 Å². The normalized spacial score (nSPS) is 16.4. The van der Waals surface area contributed by atoms with Gasteiger partial charge >= 0.3 is 5.69 Å². The van der Waals surface area contributed by atoms with Gasteiger partial charge in [0.1, 0.15) is 5.82 Å². The van der Waals surface area contributed by atoms with Crippen molar-refractivity contribution in [3.8, 4) is 0 Å². The number of piperidine rings is 1. The number of pyridine rings is 2. The molecule has 1 aliphatic heterocycles. The fourth-order valence-electron chi connectivity index (χ4n) is 4.44. The second-order valence-electron chi connectivity index (χ2n) is 8.00. The molecular weight excluding hydrogens is 409 g/mol. The summed E-state index contributed by atoms with van der Waals surface area (Å²) < 4.78 is 17.0. The molecule has 7 nitrogen and oxygen atoms in total. The first-order valence-corrected chi connectivity index (χ1v) is 10.6. The van der Waals surface area contributed by atoms with E-state index in [2.05, 4.69) is 9.97 Å². The lowest BCUT2D eigenvalue weighted by molar-refractivity contribution is 0.0679. The van der Waals surface area contributed by atoms with Crippen LogP contribution >= 0.6 is 0 Å². The molecule has 8 heteroatoms. The van der Waals surface area contributed by atoms with Gasteiger partial charge < -0.3 is 4.90 Å². The third kappa shape index (κ3) is 3.68. The molecule has 0 aliphatic carbocycles. The second-order valence-corrected chi connectivity index (χ2v) is 8.00. The molecule has 0 spiro atoms. The van der Waals surface area contributed by atoms with E-state index in [1.165, 1.54) is 12.1 Å². The van der Waals surface area contributed by atoms with Crippen molar-refractivity contribution in [2.75, 3.05) is 13.1 Å². The van der Waals surface area contributed by atoms with Crippen molar-refractivity contribution in [3.05, 3.63) is 94.5 Å². The van der Waals surface area contributed by atoms with Gasteiger partial charge in [0.05, 0.1) is 18.1 Å². The Balaban J connectivity index is 1.51. The van der Waals surface area contributed by atoms with E-state index in [-0.39, 0.29) is 30.0 Å². The Morgan fingerprint density at radius 2 is 1.94 bits per heavy atom. The summed E-state index contributed by atoms with van der Waals surface area (Å²) in [5, 5.41) is 0. The topological polar surface area (TPSA) is 73.0 Å². The molecule has 4 heterocycles. The van der Waals surface area contributed by atoms with E-state index in [1.54, 1.807) is 63.0 Å². The SMILES string of the molecule is O=C(c1ccncc1)N1CCC[C@H](n2c(=O)n(Cc3cccc(F)c3)c3cccnc32)C1. The number of rotatable bonds is 4. The van der Waals surface area contributed by atoms with E-state index < -0.39 is 0 Å². The number of aromatic nitrogens is 4. The highest BCUT2D eigenvalue weighted by Crippen LogP contribution is 2.25. The minimum atomic E-state index is -0.338. The van der Waals surface area contributed by atoms with E-state index in [1.807, 2.05) is 6.07 Å². The van der Waals surface area contributed by atoms with Crippen LogP contribution in [0.25, 0.3) is 11.2 Å². The van der Waals surface area contributed by atoms with Crippen molar-refractivity contribution in [1.82, 2.24) is 24.0 Å². The fourth-order valence-corrected chi connectivity index (χ4v) is 4.44. The quantitative estimate of drug-likeness (QED) is 0.497. The lowest BCUT2D eigenvalue weighted by atomic mass is 10.0. The maximum absolute atomic E-state index is 13.7. The number of benzene rings is 1. The molecule has 1 aromatic carbocycles. The van der Waals surface area contributed by atoms with Gasteiger partial charge in [-0.1, -0.05) is 12.1 Å². The summed E-state index contributed by atoms with van der Waals surface area (Å²) in [7, 11) is 0. The molecule has 1 fully saturated rings. The van der Waals surface area contributed by atoms with Crippen LogP contribution in [0, 0.1) is 5.82 Å². The number of carbonyl (C=O) groups excluding carboxylic acids is 1. The average Bonchev–Trinajstić information content (AvgIpc) is 3.10. The molecule has 1 amide bonds. The number of imidazole rings is 1. The fraction of sp³-hybridized carbons (Fsp3) is 0.250. The standard InChI is InChI=1S/C24H22FN5O2/c25-19-5-1-4-17(14-19)15-29-21-7-2-10-27-22(21)30(24(29)32)20-6-3-13-28(16-20)23(31)18-8-11-26-12-9-18/h1-2,4-5,7-12,14,20H,3,6,13,15-16H2/t20-/m0/s1. The third-order valence-corrected chi connectivity index (χ3v) is 5.93. The van der Waals surface area contributed by atoms with Gasteiger partial charge in [0.15, 0.2) is 5.65 Å². The summed E-state index contributed by atoms with van der Waals surface area (Å²) in [4.78, 5) is 36.7. The molecule has 0 bridgehead atoms. The highest BCUT2D eigenvalue weighted by molar-refractivity contribution is 5.94. The van der Waals surface area contributed by atoms with Gasteiger partial charge in [-0.15, -0.1) is 0 Å². The van der Waals surface area contributed by atoms with Gasteiger partial charge in [-0.25, -0.2) is 14.2 Å². The molecule has 4 aromatic rings. The number of hydrogen-bond donors (Lipinski definition) is 0. The van der Waals surface area contributed by atoms with E-state index >= 15 is 0 Å². The van der Waals surface area contributed by atoms with Gasteiger partial charge in [0.25, 0.3) is 5.91 Å². The molecule has 0 saturated carbocycles. The number of hydrogen-bond acceptors (Lipinski definition) is 4. The summed E-state index contributed by atoms with van der Waals surface area (Å²) in [5.74, 6) is -0.406. The highest BCUT2D eigenvalue weighted by Gasteiger charge is 2.29. The zero-order chi connectivity index (χ0) is 22.1. The number of fused-ring (bicyclic) bond motifs is 1. The maximum atomic E-state index is 13.7. The molecule has 1 saturated heterocycles. The Bertz CT molecular complexity index is 1330. The number of amides is 1. The smallest absolute Gasteiger partial charge is 0.330 e. The predicted molar refractivity (Wildman–Crippen MR) is 118 cm³/mol. The first-order valence-electron chi connectivity index (χ1n) is 10.6. The summed E-state index contributed by atoms with van der Waals surface area (Å²) >= 11 is 0. The lowest BCUT2D eigenvalue weighted by Gasteiger charge is -2.33. The van der Waals surface area contributed by atoms with Crippen LogP contribution < -0.4 is 5.69 Å². The van der Waals surface area contributed by atoms with Crippen LogP contribution in [0.15, 0.2) is 71.9 Å². The van der Waals surface area contributed by atoms with Crippen molar-refractivity contribution in [2.24, 2.45) is 0 Å². The molecule has 1 aliphatic rings. The second kappa shape index (κ2) is 8.37. The summed E-state index contributed by atoms with van der Waals surface area (Å²) in [5.41, 5.74) is 2.36. The van der Waals surface area contributed by atoms with Crippen molar-refractivity contribution < 1.29 is 9.18 Å². The minimum Gasteiger partial charge on any atom is -0.337 e. The van der Waals surface area contributed by atoms with Gasteiger partial charge in [0.2, 0.25) is 0 Å². The molecule has 3 aromatic heterocycles. The van der Waals surface area contributed by atoms with Crippen LogP contribution in [0.1, 0.15) is 34.8 Å². The van der Waals surface area contributed by atoms with Crippen LogP contribution in [0.4, 0.5) is 4.39 Å². The summed E-state index contributed by atoms with van der Waals surface area (Å²) in [6, 6.07) is 13.1. The van der Waals surface area contributed by atoms with Crippen LogP contribution in [0.5, 0.6) is 0 Å². The van der Waals surface area contributed by atoms with Gasteiger partial charge in [-0.3, -0.25) is 18.9 Å². The first-order chi connectivity index (χ1) is 15.6. The van der Waals surface area contributed by atoms with Gasteiger partial charge in [-0.2, -0.15) is 0 Å². The van der Waals surface area contributed by atoms with Gasteiger partial charge in [-0.05, 0) is 54.8 Å². The zero-order valence-corrected chi connectivity index (χ0v) is 17.4. The molecule has 0 N–H and O–H groups in total. The average molecular weight is 431 g/mol. The maximum Gasteiger partial charge on any atom is 0.330 e. The van der Waals surface area contributed by atoms with Crippen LogP contribution in [-0.2, 0) is 6.54 Å². The van der Waals surface area contributed by atoms with Crippen molar-refractivity contribution in [3.63, 3.8) is 0 Å². The number of nitrogens with zero attached hydrogens (tertiary/aromatic N) is 5. The Kier molecular flexibility index (Phi) is 5.26. The summed E-state index contributed by atoms with van der Waals surface area (Å²) in [6.45, 7) is 1.32. The molecule has 1 atom stereocenters. The lowest BCUT2D eigenvalue weighted by Crippen LogP contribution is -2.43. The highest BCUT2D eigenvalue weighted by atomic mass is 19.1. The molecule has 5 rings (SSSR count). The van der Waals surface area contributed by atoms with E-state index in [0.717, 1.165) is 12.8 Å². The van der Waals surface area contributed by atoms with Crippen molar-refractivity contribution >= 4 is 17.1 Å². The minimum absolute atomic E-state index is 0.0680. The Morgan fingerprint density at radius 1 is 1.09 bits per heavy atom. The van der Waals surface area contributed by atoms with Crippen molar-refractivity contribution in [1.29, 1.82) is 0 Å². The van der Waals surface area contributed by atoms with E-state index in [0.29, 0.717) is 35.4 Å². The Morgan fingerprint density at radius 3 is 2.75 bits per heavy atom. The Labute approximate surface area is 183 Å². The third-order valence-electron chi connectivity index (χ3n) is 5.93. The van der Waals surface area contributed by atoms with Crippen molar-refractivity contribution in [2.45, 2.75) is 25.4 Å². The predicted octanol–water partition coefficient (Wildman–Crippen LogP) is 3.26. The Hall–Kier alpha value is -3.81. The van der Waals surface area contributed by atoms with Crippen LogP contribution in [0.2, 0.25) is 0 Å². The number of likely N-dealkylation sites (tertiary alicyclic amines) is 1. The first kappa shape index (κ1) is 20.1.